The van der Waals surface area contributed by atoms with Crippen LogP contribution in [0, 0.1) is 5.92 Å². The van der Waals surface area contributed by atoms with Gasteiger partial charge in [-0.1, -0.05) is 30.7 Å². The molecule has 0 aromatic heterocycles. The van der Waals surface area contributed by atoms with E-state index in [2.05, 4.69) is 28.4 Å². The molecule has 5 nitrogen and oxygen atoms in total. The van der Waals surface area contributed by atoms with Crippen molar-refractivity contribution >= 4 is 5.91 Å². The molecule has 2 aliphatic rings. The standard InChI is InChI=1S/C19H29N3O2/c20-18-7-3-6-15(12-18)19(23)21-13-16-4-1-2-5-17(16)14-22-8-10-24-11-9-22/h1-2,4-5,15,18H,3,6-14,20H2,(H,21,23)/t15-,18-/m0/s1. The van der Waals surface area contributed by atoms with Gasteiger partial charge in [-0.15, -0.1) is 0 Å². The van der Waals surface area contributed by atoms with Gasteiger partial charge < -0.3 is 15.8 Å². The Morgan fingerprint density at radius 3 is 2.71 bits per heavy atom. The Labute approximate surface area is 144 Å². The molecule has 1 aromatic rings. The number of ether oxygens (including phenoxy) is 1. The number of nitrogens with one attached hydrogen (secondary N) is 1. The summed E-state index contributed by atoms with van der Waals surface area (Å²) in [7, 11) is 0. The van der Waals surface area contributed by atoms with E-state index in [-0.39, 0.29) is 17.9 Å². The van der Waals surface area contributed by atoms with Gasteiger partial charge in [-0.3, -0.25) is 9.69 Å². The van der Waals surface area contributed by atoms with Gasteiger partial charge in [0.05, 0.1) is 13.2 Å². The first-order chi connectivity index (χ1) is 11.7. The van der Waals surface area contributed by atoms with Crippen LogP contribution in [0.2, 0.25) is 0 Å². The van der Waals surface area contributed by atoms with Gasteiger partial charge in [0.25, 0.3) is 0 Å². The molecule has 3 N–H and O–H groups in total. The summed E-state index contributed by atoms with van der Waals surface area (Å²) in [6.45, 7) is 5.08. The van der Waals surface area contributed by atoms with Crippen LogP contribution in [0.4, 0.5) is 0 Å². The van der Waals surface area contributed by atoms with Crippen LogP contribution in [0.15, 0.2) is 24.3 Å². The zero-order valence-electron chi connectivity index (χ0n) is 14.4. The number of hydrogen-bond donors (Lipinski definition) is 2. The molecule has 24 heavy (non-hydrogen) atoms. The van der Waals surface area contributed by atoms with Gasteiger partial charge in [-0.05, 0) is 30.4 Å². The summed E-state index contributed by atoms with van der Waals surface area (Å²) in [5.41, 5.74) is 8.50. The summed E-state index contributed by atoms with van der Waals surface area (Å²) in [5, 5.41) is 3.13. The second-order valence-corrected chi connectivity index (χ2v) is 7.00. The topological polar surface area (TPSA) is 67.6 Å². The van der Waals surface area contributed by atoms with Crippen LogP contribution < -0.4 is 11.1 Å². The van der Waals surface area contributed by atoms with Crippen molar-refractivity contribution < 1.29 is 9.53 Å². The van der Waals surface area contributed by atoms with E-state index in [1.807, 2.05) is 6.07 Å². The maximum absolute atomic E-state index is 12.4. The maximum Gasteiger partial charge on any atom is 0.223 e. The van der Waals surface area contributed by atoms with Gasteiger partial charge in [0.2, 0.25) is 5.91 Å². The van der Waals surface area contributed by atoms with Crippen molar-refractivity contribution in [1.29, 1.82) is 0 Å². The van der Waals surface area contributed by atoms with Gasteiger partial charge in [0.15, 0.2) is 0 Å². The molecule has 1 saturated heterocycles. The third kappa shape index (κ3) is 4.79. The van der Waals surface area contributed by atoms with E-state index in [1.165, 1.54) is 11.1 Å². The highest BCUT2D eigenvalue weighted by Gasteiger charge is 2.25. The molecule has 1 amide bonds. The van der Waals surface area contributed by atoms with Crippen LogP contribution in [0.5, 0.6) is 0 Å². The fourth-order valence-electron chi connectivity index (χ4n) is 3.68. The van der Waals surface area contributed by atoms with Crippen LogP contribution >= 0.6 is 0 Å². The number of carbonyl (C=O) groups excluding carboxylic acids is 1. The SMILES string of the molecule is N[C@H]1CCC[C@H](C(=O)NCc2ccccc2CN2CCOCC2)C1. The second-order valence-electron chi connectivity index (χ2n) is 7.00. The number of hydrogen-bond acceptors (Lipinski definition) is 4. The van der Waals surface area contributed by atoms with E-state index in [4.69, 9.17) is 10.5 Å². The lowest BCUT2D eigenvalue weighted by Gasteiger charge is -2.28. The molecule has 1 heterocycles. The van der Waals surface area contributed by atoms with Gasteiger partial charge in [-0.25, -0.2) is 0 Å². The zero-order chi connectivity index (χ0) is 16.8. The predicted octanol–water partition coefficient (Wildman–Crippen LogP) is 1.65. The highest BCUT2D eigenvalue weighted by atomic mass is 16.5. The Morgan fingerprint density at radius 2 is 1.96 bits per heavy atom. The van der Waals surface area contributed by atoms with Gasteiger partial charge in [0, 0.05) is 38.1 Å². The lowest BCUT2D eigenvalue weighted by Crippen LogP contribution is -2.38. The second kappa shape index (κ2) is 8.60. The van der Waals surface area contributed by atoms with Crippen molar-refractivity contribution in [3.63, 3.8) is 0 Å². The Hall–Kier alpha value is -1.43. The van der Waals surface area contributed by atoms with Gasteiger partial charge >= 0.3 is 0 Å². The van der Waals surface area contributed by atoms with Crippen molar-refractivity contribution in [1.82, 2.24) is 10.2 Å². The molecule has 1 saturated carbocycles. The number of amides is 1. The van der Waals surface area contributed by atoms with Crippen LogP contribution in [0.3, 0.4) is 0 Å². The molecule has 0 spiro atoms. The van der Waals surface area contributed by atoms with Gasteiger partial charge in [-0.2, -0.15) is 0 Å². The minimum absolute atomic E-state index is 0.0835. The van der Waals surface area contributed by atoms with E-state index in [0.717, 1.165) is 58.5 Å². The number of nitrogens with zero attached hydrogens (tertiary/aromatic N) is 1. The fraction of sp³-hybridized carbons (Fsp3) is 0.632. The molecular formula is C19H29N3O2. The highest BCUT2D eigenvalue weighted by molar-refractivity contribution is 5.78. The Kier molecular flexibility index (Phi) is 6.24. The fourth-order valence-corrected chi connectivity index (χ4v) is 3.68. The van der Waals surface area contributed by atoms with Crippen molar-refractivity contribution in [2.75, 3.05) is 26.3 Å². The number of morpholine rings is 1. The quantitative estimate of drug-likeness (QED) is 0.861. The van der Waals surface area contributed by atoms with Crippen molar-refractivity contribution in [3.05, 3.63) is 35.4 Å². The lowest BCUT2D eigenvalue weighted by atomic mass is 9.85. The molecule has 0 unspecified atom stereocenters. The smallest absolute Gasteiger partial charge is 0.223 e. The summed E-state index contributed by atoms with van der Waals surface area (Å²) >= 11 is 0. The first-order valence-corrected chi connectivity index (χ1v) is 9.12. The lowest BCUT2D eigenvalue weighted by molar-refractivity contribution is -0.126. The van der Waals surface area contributed by atoms with Crippen molar-refractivity contribution in [2.24, 2.45) is 11.7 Å². The minimum Gasteiger partial charge on any atom is -0.379 e. The monoisotopic (exact) mass is 331 g/mol. The molecule has 0 radical (unpaired) electrons. The van der Waals surface area contributed by atoms with Crippen molar-refractivity contribution in [2.45, 2.75) is 44.8 Å². The highest BCUT2D eigenvalue weighted by Crippen LogP contribution is 2.23. The number of carbonyl (C=O) groups is 1. The number of nitrogens with two attached hydrogens (primary N) is 1. The van der Waals surface area contributed by atoms with Crippen LogP contribution in [0.1, 0.15) is 36.8 Å². The first-order valence-electron chi connectivity index (χ1n) is 9.12. The summed E-state index contributed by atoms with van der Waals surface area (Å²) < 4.78 is 5.41. The predicted molar refractivity (Wildman–Crippen MR) is 94.3 cm³/mol. The zero-order valence-corrected chi connectivity index (χ0v) is 14.4. The van der Waals surface area contributed by atoms with E-state index >= 15 is 0 Å². The maximum atomic E-state index is 12.4. The molecule has 1 aliphatic carbocycles. The van der Waals surface area contributed by atoms with Crippen LogP contribution in [-0.4, -0.2) is 43.2 Å². The molecule has 5 heteroatoms. The molecule has 132 valence electrons. The van der Waals surface area contributed by atoms with E-state index < -0.39 is 0 Å². The average Bonchev–Trinajstić information content (AvgIpc) is 2.61. The number of benzene rings is 1. The molecular weight excluding hydrogens is 302 g/mol. The van der Waals surface area contributed by atoms with Gasteiger partial charge in [0.1, 0.15) is 0 Å². The van der Waals surface area contributed by atoms with Crippen LogP contribution in [0.25, 0.3) is 0 Å². The Balaban J connectivity index is 1.55. The molecule has 0 bridgehead atoms. The molecule has 2 atom stereocenters. The third-order valence-corrected chi connectivity index (χ3v) is 5.15. The summed E-state index contributed by atoms with van der Waals surface area (Å²) in [5.74, 6) is 0.242. The summed E-state index contributed by atoms with van der Waals surface area (Å²) in [6.07, 6.45) is 3.90. The largest absolute Gasteiger partial charge is 0.379 e. The minimum atomic E-state index is 0.0835. The van der Waals surface area contributed by atoms with Crippen molar-refractivity contribution in [3.8, 4) is 0 Å². The van der Waals surface area contributed by atoms with E-state index in [9.17, 15) is 4.79 Å². The van der Waals surface area contributed by atoms with E-state index in [1.54, 1.807) is 0 Å². The van der Waals surface area contributed by atoms with Crippen LogP contribution in [-0.2, 0) is 22.6 Å². The Bertz CT molecular complexity index is 543. The average molecular weight is 331 g/mol. The van der Waals surface area contributed by atoms with E-state index in [0.29, 0.717) is 6.54 Å². The molecule has 1 aliphatic heterocycles. The molecule has 2 fully saturated rings. The normalized spacial score (nSPS) is 25.4. The summed E-state index contributed by atoms with van der Waals surface area (Å²) in [4.78, 5) is 14.8. The molecule has 1 aromatic carbocycles. The third-order valence-electron chi connectivity index (χ3n) is 5.15. The summed E-state index contributed by atoms with van der Waals surface area (Å²) in [6, 6.07) is 8.57. The first kappa shape index (κ1) is 17.4. The number of rotatable bonds is 5. The Morgan fingerprint density at radius 1 is 1.21 bits per heavy atom. The molecule has 3 rings (SSSR count).